The maximum Gasteiger partial charge on any atom is 0.115 e. The third-order valence-corrected chi connectivity index (χ3v) is 2.58. The Bertz CT molecular complexity index is 457. The van der Waals surface area contributed by atoms with Crippen molar-refractivity contribution in [1.29, 1.82) is 0 Å². The topological polar surface area (TPSA) is 45.1 Å². The summed E-state index contributed by atoms with van der Waals surface area (Å²) in [5, 5.41) is 12.7. The Morgan fingerprint density at radius 3 is 2.65 bits per heavy atom. The summed E-state index contributed by atoms with van der Waals surface area (Å²) in [4.78, 5) is 3.98. The highest BCUT2D eigenvalue weighted by molar-refractivity contribution is 5.26. The van der Waals surface area contributed by atoms with Gasteiger partial charge in [-0.3, -0.25) is 4.98 Å². The van der Waals surface area contributed by atoms with Crippen LogP contribution in [0, 0.1) is 0 Å². The van der Waals surface area contributed by atoms with E-state index in [4.69, 9.17) is 0 Å². The number of nitrogens with zero attached hydrogens (tertiary/aromatic N) is 1. The number of hydrogen-bond donors (Lipinski definition) is 2. The summed E-state index contributed by atoms with van der Waals surface area (Å²) < 4.78 is 0. The largest absolute Gasteiger partial charge is 0.508 e. The Balaban J connectivity index is 1.73. The van der Waals surface area contributed by atoms with Crippen LogP contribution in [-0.4, -0.2) is 16.6 Å². The van der Waals surface area contributed by atoms with Gasteiger partial charge in [0, 0.05) is 18.9 Å². The number of phenolic OH excluding ortho intramolecular Hbond substituents is 1. The summed E-state index contributed by atoms with van der Waals surface area (Å²) in [5.74, 6) is 0.318. The molecule has 0 aliphatic carbocycles. The number of phenols is 1. The van der Waals surface area contributed by atoms with Gasteiger partial charge in [-0.05, 0) is 48.4 Å². The lowest BCUT2D eigenvalue weighted by Gasteiger charge is -2.05. The van der Waals surface area contributed by atoms with Crippen molar-refractivity contribution in [2.24, 2.45) is 0 Å². The number of hydrogen-bond acceptors (Lipinski definition) is 3. The second-order valence-corrected chi connectivity index (χ2v) is 3.95. The standard InChI is InChI=1S/C14H16N2O/c17-14-3-1-2-13(10-14)11-16-9-6-12-4-7-15-8-5-12/h1-5,7-8,10,16-17H,6,9,11H2. The fraction of sp³-hybridized carbons (Fsp3) is 0.214. The third kappa shape index (κ3) is 3.89. The minimum atomic E-state index is 0.318. The van der Waals surface area contributed by atoms with Crippen LogP contribution in [-0.2, 0) is 13.0 Å². The number of aromatic hydroxyl groups is 1. The third-order valence-electron chi connectivity index (χ3n) is 2.58. The van der Waals surface area contributed by atoms with Crippen LogP contribution in [0.15, 0.2) is 48.8 Å². The molecule has 0 saturated heterocycles. The molecule has 2 rings (SSSR count). The van der Waals surface area contributed by atoms with E-state index in [1.54, 1.807) is 12.1 Å². The lowest BCUT2D eigenvalue weighted by atomic mass is 10.2. The summed E-state index contributed by atoms with van der Waals surface area (Å²) >= 11 is 0. The predicted molar refractivity (Wildman–Crippen MR) is 67.8 cm³/mol. The van der Waals surface area contributed by atoms with Crippen LogP contribution in [0.2, 0.25) is 0 Å². The highest BCUT2D eigenvalue weighted by Crippen LogP contribution is 2.10. The second-order valence-electron chi connectivity index (χ2n) is 3.95. The fourth-order valence-electron chi connectivity index (χ4n) is 1.68. The summed E-state index contributed by atoms with van der Waals surface area (Å²) in [7, 11) is 0. The molecule has 0 unspecified atom stereocenters. The zero-order chi connectivity index (χ0) is 11.9. The van der Waals surface area contributed by atoms with Crippen molar-refractivity contribution in [3.8, 4) is 5.75 Å². The highest BCUT2D eigenvalue weighted by Gasteiger charge is 1.95. The number of benzene rings is 1. The quantitative estimate of drug-likeness (QED) is 0.770. The SMILES string of the molecule is Oc1cccc(CNCCc2ccncc2)c1. The van der Waals surface area contributed by atoms with Crippen LogP contribution in [0.1, 0.15) is 11.1 Å². The summed E-state index contributed by atoms with van der Waals surface area (Å²) in [6.45, 7) is 1.69. The molecule has 1 heterocycles. The van der Waals surface area contributed by atoms with Gasteiger partial charge in [-0.15, -0.1) is 0 Å². The Hall–Kier alpha value is -1.87. The second kappa shape index (κ2) is 6.01. The van der Waals surface area contributed by atoms with E-state index in [9.17, 15) is 5.11 Å². The van der Waals surface area contributed by atoms with Crippen LogP contribution < -0.4 is 5.32 Å². The van der Waals surface area contributed by atoms with Crippen molar-refractivity contribution in [2.45, 2.75) is 13.0 Å². The molecule has 3 nitrogen and oxygen atoms in total. The molecular weight excluding hydrogens is 212 g/mol. The van der Waals surface area contributed by atoms with Gasteiger partial charge in [-0.25, -0.2) is 0 Å². The maximum atomic E-state index is 9.31. The fourth-order valence-corrected chi connectivity index (χ4v) is 1.68. The normalized spacial score (nSPS) is 10.4. The van der Waals surface area contributed by atoms with E-state index in [0.29, 0.717) is 5.75 Å². The molecule has 88 valence electrons. The Morgan fingerprint density at radius 1 is 1.06 bits per heavy atom. The molecular formula is C14H16N2O. The smallest absolute Gasteiger partial charge is 0.115 e. The molecule has 0 aliphatic rings. The van der Waals surface area contributed by atoms with Gasteiger partial charge in [0.2, 0.25) is 0 Å². The van der Waals surface area contributed by atoms with E-state index in [0.717, 1.165) is 25.1 Å². The van der Waals surface area contributed by atoms with Crippen molar-refractivity contribution in [3.05, 3.63) is 59.9 Å². The van der Waals surface area contributed by atoms with Gasteiger partial charge in [0.1, 0.15) is 5.75 Å². The number of rotatable bonds is 5. The average Bonchev–Trinajstić information content (AvgIpc) is 2.36. The molecule has 17 heavy (non-hydrogen) atoms. The van der Waals surface area contributed by atoms with Crippen molar-refractivity contribution in [2.75, 3.05) is 6.54 Å². The Kier molecular flexibility index (Phi) is 4.11. The minimum Gasteiger partial charge on any atom is -0.508 e. The predicted octanol–water partition coefficient (Wildman–Crippen LogP) is 2.12. The molecule has 0 aliphatic heterocycles. The zero-order valence-electron chi connectivity index (χ0n) is 9.63. The highest BCUT2D eigenvalue weighted by atomic mass is 16.3. The molecule has 2 N–H and O–H groups in total. The Morgan fingerprint density at radius 2 is 1.88 bits per heavy atom. The van der Waals surface area contributed by atoms with Gasteiger partial charge in [0.15, 0.2) is 0 Å². The van der Waals surface area contributed by atoms with Crippen LogP contribution >= 0.6 is 0 Å². The van der Waals surface area contributed by atoms with E-state index in [1.165, 1.54) is 5.56 Å². The van der Waals surface area contributed by atoms with Crippen LogP contribution in [0.3, 0.4) is 0 Å². The monoisotopic (exact) mass is 228 g/mol. The van der Waals surface area contributed by atoms with Crippen molar-refractivity contribution < 1.29 is 5.11 Å². The minimum absolute atomic E-state index is 0.318. The summed E-state index contributed by atoms with van der Waals surface area (Å²) in [6, 6.07) is 11.4. The van der Waals surface area contributed by atoms with Crippen molar-refractivity contribution in [1.82, 2.24) is 10.3 Å². The van der Waals surface area contributed by atoms with E-state index >= 15 is 0 Å². The van der Waals surface area contributed by atoms with Crippen LogP contribution in [0.4, 0.5) is 0 Å². The molecule has 1 aromatic carbocycles. The van der Waals surface area contributed by atoms with Crippen molar-refractivity contribution in [3.63, 3.8) is 0 Å². The van der Waals surface area contributed by atoms with Crippen molar-refractivity contribution >= 4 is 0 Å². The average molecular weight is 228 g/mol. The number of aromatic nitrogens is 1. The van der Waals surface area contributed by atoms with Crippen LogP contribution in [0.25, 0.3) is 0 Å². The molecule has 1 aromatic heterocycles. The zero-order valence-corrected chi connectivity index (χ0v) is 9.63. The molecule has 2 aromatic rings. The van der Waals surface area contributed by atoms with E-state index in [-0.39, 0.29) is 0 Å². The van der Waals surface area contributed by atoms with Gasteiger partial charge in [0.05, 0.1) is 0 Å². The lowest BCUT2D eigenvalue weighted by molar-refractivity contribution is 0.474. The Labute approximate surface area is 101 Å². The molecule has 0 fully saturated rings. The maximum absolute atomic E-state index is 9.31. The molecule has 0 atom stereocenters. The van der Waals surface area contributed by atoms with Gasteiger partial charge < -0.3 is 10.4 Å². The first-order valence-corrected chi connectivity index (χ1v) is 5.72. The molecule has 0 amide bonds. The van der Waals surface area contributed by atoms with Gasteiger partial charge in [-0.2, -0.15) is 0 Å². The lowest BCUT2D eigenvalue weighted by Crippen LogP contribution is -2.16. The van der Waals surface area contributed by atoms with E-state index in [1.807, 2.05) is 36.7 Å². The molecule has 3 heteroatoms. The van der Waals surface area contributed by atoms with Gasteiger partial charge >= 0.3 is 0 Å². The van der Waals surface area contributed by atoms with E-state index < -0.39 is 0 Å². The first-order chi connectivity index (χ1) is 8.34. The number of pyridine rings is 1. The molecule has 0 bridgehead atoms. The first kappa shape index (κ1) is 11.6. The van der Waals surface area contributed by atoms with E-state index in [2.05, 4.69) is 10.3 Å². The molecule has 0 radical (unpaired) electrons. The van der Waals surface area contributed by atoms with Gasteiger partial charge in [0.25, 0.3) is 0 Å². The summed E-state index contributed by atoms with van der Waals surface area (Å²) in [6.07, 6.45) is 4.61. The molecule has 0 saturated carbocycles. The van der Waals surface area contributed by atoms with Gasteiger partial charge in [-0.1, -0.05) is 12.1 Å². The number of nitrogens with one attached hydrogen (secondary N) is 1. The first-order valence-electron chi connectivity index (χ1n) is 5.72. The van der Waals surface area contributed by atoms with Crippen LogP contribution in [0.5, 0.6) is 5.75 Å². The summed E-state index contributed by atoms with van der Waals surface area (Å²) in [5.41, 5.74) is 2.38. The molecule has 0 spiro atoms.